The maximum Gasteiger partial charge on any atom is 0.213 e. The number of rotatable bonds is 9. The lowest BCUT2D eigenvalue weighted by Crippen LogP contribution is -2.17. The van der Waals surface area contributed by atoms with Gasteiger partial charge in [-0.25, -0.2) is 4.98 Å². The molecule has 0 amide bonds. The Morgan fingerprint density at radius 2 is 1.94 bits per heavy atom. The van der Waals surface area contributed by atoms with Crippen LogP contribution in [0.5, 0.6) is 5.88 Å². The van der Waals surface area contributed by atoms with E-state index in [4.69, 9.17) is 14.2 Å². The Morgan fingerprint density at radius 1 is 1.17 bits per heavy atom. The number of nitrogens with one attached hydrogen (secondary N) is 1. The van der Waals surface area contributed by atoms with Crippen LogP contribution >= 0.6 is 0 Å². The van der Waals surface area contributed by atoms with Gasteiger partial charge in [0.25, 0.3) is 0 Å². The molecule has 1 unspecified atom stereocenters. The highest BCUT2D eigenvalue weighted by Crippen LogP contribution is 2.13. The number of aromatic nitrogens is 1. The molecule has 1 aromatic heterocycles. The summed E-state index contributed by atoms with van der Waals surface area (Å²) in [7, 11) is 3.35. The molecule has 0 aliphatic rings. The van der Waals surface area contributed by atoms with Gasteiger partial charge < -0.3 is 19.5 Å². The summed E-state index contributed by atoms with van der Waals surface area (Å²) in [5, 5.41) is 3.35. The molecule has 102 valence electrons. The zero-order chi connectivity index (χ0) is 13.2. The summed E-state index contributed by atoms with van der Waals surface area (Å²) in [5.74, 6) is 0.613. The van der Waals surface area contributed by atoms with Crippen molar-refractivity contribution in [3.8, 4) is 5.88 Å². The molecule has 5 nitrogen and oxygen atoms in total. The van der Waals surface area contributed by atoms with Crippen molar-refractivity contribution in [3.05, 3.63) is 18.3 Å². The van der Waals surface area contributed by atoms with Crippen molar-refractivity contribution in [1.82, 2.24) is 4.98 Å². The Bertz CT molecular complexity index is 317. The summed E-state index contributed by atoms with van der Waals surface area (Å²) >= 11 is 0. The Kier molecular flexibility index (Phi) is 7.13. The van der Waals surface area contributed by atoms with Gasteiger partial charge in [0.1, 0.15) is 6.61 Å². The van der Waals surface area contributed by atoms with Crippen LogP contribution < -0.4 is 10.1 Å². The molecule has 1 N–H and O–H groups in total. The first-order valence-corrected chi connectivity index (χ1v) is 6.09. The molecular weight excluding hydrogens is 232 g/mol. The number of pyridine rings is 1. The number of hydrogen-bond donors (Lipinski definition) is 1. The van der Waals surface area contributed by atoms with Gasteiger partial charge in [0.2, 0.25) is 5.88 Å². The van der Waals surface area contributed by atoms with Crippen LogP contribution in [0.15, 0.2) is 18.3 Å². The molecule has 0 saturated carbocycles. The third-order valence-electron chi connectivity index (χ3n) is 2.44. The summed E-state index contributed by atoms with van der Waals surface area (Å²) in [5.41, 5.74) is 0.984. The second-order valence-electron chi connectivity index (χ2n) is 4.05. The van der Waals surface area contributed by atoms with Crippen LogP contribution in [0, 0.1) is 0 Å². The van der Waals surface area contributed by atoms with E-state index in [-0.39, 0.29) is 0 Å². The first kappa shape index (κ1) is 14.7. The van der Waals surface area contributed by atoms with Gasteiger partial charge in [0, 0.05) is 32.9 Å². The molecule has 1 atom stereocenters. The topological polar surface area (TPSA) is 52.6 Å². The quantitative estimate of drug-likeness (QED) is 0.683. The highest BCUT2D eigenvalue weighted by molar-refractivity contribution is 5.42. The monoisotopic (exact) mass is 254 g/mol. The molecule has 0 fully saturated rings. The third-order valence-corrected chi connectivity index (χ3v) is 2.44. The lowest BCUT2D eigenvalue weighted by molar-refractivity contribution is 0.144. The lowest BCUT2D eigenvalue weighted by Gasteiger charge is -2.14. The predicted molar refractivity (Wildman–Crippen MR) is 71.2 cm³/mol. The Balaban J connectivity index is 2.35. The van der Waals surface area contributed by atoms with Crippen LogP contribution in [0.4, 0.5) is 5.69 Å². The zero-order valence-electron chi connectivity index (χ0n) is 11.3. The first-order chi connectivity index (χ1) is 8.76. The second-order valence-corrected chi connectivity index (χ2v) is 4.05. The minimum Gasteiger partial charge on any atom is -0.475 e. The standard InChI is InChI=1S/C13H22N2O3/c1-11(6-7-16-2)15-12-4-5-13(14-10-12)18-9-8-17-3/h4-5,10-11,15H,6-9H2,1-3H3. The molecular formula is C13H22N2O3. The van der Waals surface area contributed by atoms with Crippen molar-refractivity contribution in [2.45, 2.75) is 19.4 Å². The molecule has 0 spiro atoms. The highest BCUT2D eigenvalue weighted by atomic mass is 16.5. The number of methoxy groups -OCH3 is 2. The molecule has 0 radical (unpaired) electrons. The van der Waals surface area contributed by atoms with Crippen LogP contribution in [0.2, 0.25) is 0 Å². The maximum absolute atomic E-state index is 5.39. The van der Waals surface area contributed by atoms with Crippen LogP contribution in [-0.4, -0.2) is 45.1 Å². The van der Waals surface area contributed by atoms with Crippen molar-refractivity contribution in [3.63, 3.8) is 0 Å². The van der Waals surface area contributed by atoms with Gasteiger partial charge in [-0.3, -0.25) is 0 Å². The van der Waals surface area contributed by atoms with E-state index in [1.165, 1.54) is 0 Å². The Hall–Kier alpha value is -1.33. The van der Waals surface area contributed by atoms with Gasteiger partial charge in [0.05, 0.1) is 18.5 Å². The van der Waals surface area contributed by atoms with Crippen molar-refractivity contribution in [1.29, 1.82) is 0 Å². The maximum atomic E-state index is 5.39. The largest absolute Gasteiger partial charge is 0.475 e. The van der Waals surface area contributed by atoms with Crippen molar-refractivity contribution >= 4 is 5.69 Å². The number of anilines is 1. The van der Waals surface area contributed by atoms with Gasteiger partial charge in [-0.1, -0.05) is 0 Å². The van der Waals surface area contributed by atoms with Crippen LogP contribution in [-0.2, 0) is 9.47 Å². The normalized spacial score (nSPS) is 12.2. The molecule has 0 saturated heterocycles. The zero-order valence-corrected chi connectivity index (χ0v) is 11.3. The average molecular weight is 254 g/mol. The summed E-state index contributed by atoms with van der Waals surface area (Å²) in [6, 6.07) is 4.16. The third kappa shape index (κ3) is 5.84. The van der Waals surface area contributed by atoms with E-state index in [2.05, 4.69) is 17.2 Å². The van der Waals surface area contributed by atoms with Crippen molar-refractivity contribution in [2.24, 2.45) is 0 Å². The summed E-state index contributed by atoms with van der Waals surface area (Å²) in [4.78, 5) is 4.21. The van der Waals surface area contributed by atoms with E-state index in [0.29, 0.717) is 25.1 Å². The van der Waals surface area contributed by atoms with Crippen molar-refractivity contribution < 1.29 is 14.2 Å². The molecule has 1 rings (SSSR count). The van der Waals surface area contributed by atoms with Gasteiger partial charge >= 0.3 is 0 Å². The second kappa shape index (κ2) is 8.72. The van der Waals surface area contributed by atoms with Gasteiger partial charge in [0.15, 0.2) is 0 Å². The number of hydrogen-bond acceptors (Lipinski definition) is 5. The fourth-order valence-corrected chi connectivity index (χ4v) is 1.43. The molecule has 1 heterocycles. The predicted octanol–water partition coefficient (Wildman–Crippen LogP) is 1.94. The van der Waals surface area contributed by atoms with Gasteiger partial charge in [-0.15, -0.1) is 0 Å². The van der Waals surface area contributed by atoms with E-state index in [1.54, 1.807) is 20.4 Å². The summed E-state index contributed by atoms with van der Waals surface area (Å²) < 4.78 is 15.3. The van der Waals surface area contributed by atoms with Gasteiger partial charge in [-0.2, -0.15) is 0 Å². The van der Waals surface area contributed by atoms with E-state index < -0.39 is 0 Å². The molecule has 0 aliphatic carbocycles. The first-order valence-electron chi connectivity index (χ1n) is 6.09. The minimum atomic E-state index is 0.354. The molecule has 0 bridgehead atoms. The highest BCUT2D eigenvalue weighted by Gasteiger charge is 2.02. The minimum absolute atomic E-state index is 0.354. The van der Waals surface area contributed by atoms with E-state index >= 15 is 0 Å². The van der Waals surface area contributed by atoms with Crippen LogP contribution in [0.1, 0.15) is 13.3 Å². The van der Waals surface area contributed by atoms with E-state index in [0.717, 1.165) is 18.7 Å². The number of ether oxygens (including phenoxy) is 3. The average Bonchev–Trinajstić information content (AvgIpc) is 2.39. The van der Waals surface area contributed by atoms with E-state index in [9.17, 15) is 0 Å². The lowest BCUT2D eigenvalue weighted by atomic mass is 10.2. The Labute approximate surface area is 108 Å². The summed E-state index contributed by atoms with van der Waals surface area (Å²) in [6.07, 6.45) is 2.73. The molecule has 18 heavy (non-hydrogen) atoms. The van der Waals surface area contributed by atoms with Crippen LogP contribution in [0.3, 0.4) is 0 Å². The smallest absolute Gasteiger partial charge is 0.213 e. The molecule has 5 heteroatoms. The van der Waals surface area contributed by atoms with Gasteiger partial charge in [-0.05, 0) is 19.4 Å². The molecule has 1 aromatic rings. The number of nitrogens with zero attached hydrogens (tertiary/aromatic N) is 1. The fraction of sp³-hybridized carbons (Fsp3) is 0.615. The molecule has 0 aromatic carbocycles. The molecule has 0 aliphatic heterocycles. The summed E-state index contributed by atoms with van der Waals surface area (Å²) in [6.45, 7) is 3.94. The fourth-order valence-electron chi connectivity index (χ4n) is 1.43. The van der Waals surface area contributed by atoms with Crippen molar-refractivity contribution in [2.75, 3.05) is 39.4 Å². The van der Waals surface area contributed by atoms with Crippen LogP contribution in [0.25, 0.3) is 0 Å². The SMILES string of the molecule is COCCOc1ccc(NC(C)CCOC)cn1. The Morgan fingerprint density at radius 3 is 2.56 bits per heavy atom. The van der Waals surface area contributed by atoms with E-state index in [1.807, 2.05) is 12.1 Å².